The summed E-state index contributed by atoms with van der Waals surface area (Å²) in [6.07, 6.45) is 20.9. The Hall–Kier alpha value is -0.500. The smallest absolute Gasteiger partial charge is 0.150 e. The van der Waals surface area contributed by atoms with E-state index in [1.807, 2.05) is 0 Å². The largest absolute Gasteiger partial charge is 0.387 e. The van der Waals surface area contributed by atoms with Gasteiger partial charge in [-0.25, -0.2) is 0 Å². The average molecular weight is 948 g/mol. The van der Waals surface area contributed by atoms with Crippen molar-refractivity contribution < 1.29 is 38.7 Å². The maximum absolute atomic E-state index is 13.4. The Bertz CT molecular complexity index is 1520. The lowest BCUT2D eigenvalue weighted by molar-refractivity contribution is -0.137. The van der Waals surface area contributed by atoms with Crippen molar-refractivity contribution in [2.24, 2.45) is 81.8 Å². The van der Waals surface area contributed by atoms with Gasteiger partial charge >= 0.3 is 0 Å². The third-order valence-electron chi connectivity index (χ3n) is 20.3. The third-order valence-corrected chi connectivity index (χ3v) is 20.8. The fraction of sp³-hybridized carbons (Fsp3) is 0.962. The van der Waals surface area contributed by atoms with E-state index in [0.717, 1.165) is 145 Å². The number of carbonyl (C=O) groups is 2. The van der Waals surface area contributed by atoms with Gasteiger partial charge in [0.1, 0.15) is 11.6 Å². The molecule has 0 unspecified atom stereocenters. The fourth-order valence-electron chi connectivity index (χ4n) is 17.5. The molecular weight excluding hydrogens is 860 g/mol. The van der Waals surface area contributed by atoms with E-state index in [1.54, 1.807) is 14.2 Å². The van der Waals surface area contributed by atoms with E-state index >= 15 is 0 Å². The highest BCUT2D eigenvalue weighted by Crippen LogP contribution is 2.66. The van der Waals surface area contributed by atoms with E-state index < -0.39 is 11.2 Å². The number of rotatable bonds is 9. The van der Waals surface area contributed by atoms with Gasteiger partial charge in [-0.15, -0.1) is 0 Å². The van der Waals surface area contributed by atoms with Gasteiger partial charge in [0.2, 0.25) is 0 Å². The Morgan fingerprint density at radius 1 is 0.603 bits per heavy atom. The van der Waals surface area contributed by atoms with Crippen LogP contribution in [-0.4, -0.2) is 130 Å². The van der Waals surface area contributed by atoms with Crippen LogP contribution < -0.4 is 5.32 Å². The lowest BCUT2D eigenvalue weighted by Gasteiger charge is -2.57. The number of carbonyl (C=O) groups excluding carboxylic acids is 2. The highest BCUT2D eigenvalue weighted by molar-refractivity contribution is 9.09. The minimum Gasteiger partial charge on any atom is -0.387 e. The van der Waals surface area contributed by atoms with Crippen LogP contribution in [-0.2, 0) is 28.5 Å². The molecule has 2 saturated heterocycles. The van der Waals surface area contributed by atoms with Crippen molar-refractivity contribution in [3.05, 3.63) is 0 Å². The van der Waals surface area contributed by atoms with Crippen LogP contribution in [0.15, 0.2) is 0 Å². The lowest BCUT2D eigenvalue weighted by atomic mass is 9.49. The van der Waals surface area contributed by atoms with Gasteiger partial charge in [-0.05, 0) is 186 Å². The summed E-state index contributed by atoms with van der Waals surface area (Å²) in [5, 5.41) is 25.5. The number of ether oxygens (including phenoxy) is 4. The number of methoxy groups -OCH3 is 2. The number of hydrogen-bond acceptors (Lipinski definition) is 10. The maximum Gasteiger partial charge on any atom is 0.150 e. The first-order valence-corrected chi connectivity index (χ1v) is 27.1. The van der Waals surface area contributed by atoms with Crippen LogP contribution in [0.3, 0.4) is 0 Å². The number of aliphatic hydroxyl groups is 2. The zero-order chi connectivity index (χ0) is 44.4. The average Bonchev–Trinajstić information content (AvgIpc) is 3.84. The Morgan fingerprint density at radius 2 is 1.06 bits per heavy atom. The number of morpholine rings is 2. The Kier molecular flexibility index (Phi) is 16.3. The molecule has 10 rings (SSSR count). The summed E-state index contributed by atoms with van der Waals surface area (Å²) >= 11 is 3.42. The Morgan fingerprint density at radius 3 is 1.49 bits per heavy atom. The van der Waals surface area contributed by atoms with Crippen molar-refractivity contribution in [2.75, 3.05) is 91.9 Å². The molecule has 3 N–H and O–H groups in total. The molecule has 2 aliphatic heterocycles. The molecule has 0 aromatic heterocycles. The number of Topliss-reactive ketones (excluding diaryl/α,β-unsaturated/α-hetero) is 2. The quantitative estimate of drug-likeness (QED) is 0.198. The number of nitrogens with one attached hydrogen (secondary N) is 1. The third kappa shape index (κ3) is 10.3. The monoisotopic (exact) mass is 947 g/mol. The predicted octanol–water partition coefficient (Wildman–Crippen LogP) is 7.74. The molecule has 2 heterocycles. The van der Waals surface area contributed by atoms with E-state index in [2.05, 4.69) is 40.0 Å². The van der Waals surface area contributed by atoms with Gasteiger partial charge in [0.15, 0.2) is 0 Å². The van der Waals surface area contributed by atoms with Gasteiger partial charge < -0.3 is 34.5 Å². The van der Waals surface area contributed by atoms with Crippen molar-refractivity contribution in [1.82, 2.24) is 10.2 Å². The van der Waals surface area contributed by atoms with E-state index in [4.69, 9.17) is 18.9 Å². The van der Waals surface area contributed by atoms with Gasteiger partial charge in [-0.2, -0.15) is 0 Å². The summed E-state index contributed by atoms with van der Waals surface area (Å²) in [7, 11) is 3.41. The van der Waals surface area contributed by atoms with Gasteiger partial charge in [0, 0.05) is 52.2 Å². The molecular formula is C52H87BrN2O8. The molecule has 0 bridgehead atoms. The standard InChI is InChI=1S/C26H43NO4.C22H35BrO3.C4H9NO/c1-25-9-7-20-19-8-10-26(29,17-30-2)15-18(19)3-4-21(20)22(25)5-6-23(25)24(28)16-27-11-13-31-14-12-27;1-21-9-7-16-15-8-10-22(25,13-26-2)11-14(15)3-4-17(16)18(21)5-6-19(21)20(24)12-23;1-3-6-4-2-5-1/h18-23,29H,3-17H2,1-2H3;14-19,25H,3-13H2,1-2H3;5H,1-4H2/t18-,19+,20-,21-,22+,23-,25+,26-;14-,15+,16-,17-,18+,19-,21+,22-;/m11./s1. The van der Waals surface area contributed by atoms with Crippen LogP contribution in [0.25, 0.3) is 0 Å². The normalized spacial score (nSPS) is 46.8. The van der Waals surface area contributed by atoms with Crippen LogP contribution in [0, 0.1) is 81.8 Å². The maximum atomic E-state index is 13.4. The van der Waals surface area contributed by atoms with E-state index in [0.29, 0.717) is 48.5 Å². The summed E-state index contributed by atoms with van der Waals surface area (Å²) in [5.41, 5.74) is -0.740. The summed E-state index contributed by atoms with van der Waals surface area (Å²) < 4.78 is 21.1. The van der Waals surface area contributed by atoms with E-state index in [9.17, 15) is 19.8 Å². The first-order valence-electron chi connectivity index (χ1n) is 26.0. The molecule has 0 spiro atoms. The van der Waals surface area contributed by atoms with Gasteiger partial charge in [0.25, 0.3) is 0 Å². The second kappa shape index (κ2) is 21.0. The lowest BCUT2D eigenvalue weighted by Crippen LogP contribution is -2.52. The Labute approximate surface area is 389 Å². The van der Waals surface area contributed by atoms with Crippen LogP contribution >= 0.6 is 15.9 Å². The molecule has 8 aliphatic carbocycles. The molecule has 10 nitrogen and oxygen atoms in total. The summed E-state index contributed by atoms with van der Waals surface area (Å²) in [6, 6.07) is 0. The van der Waals surface area contributed by atoms with Crippen LogP contribution in [0.5, 0.6) is 0 Å². The molecule has 11 heteroatoms. The number of fused-ring (bicyclic) bond motifs is 10. The number of hydrogen-bond donors (Lipinski definition) is 3. The first kappa shape index (κ1) is 48.9. The zero-order valence-corrected chi connectivity index (χ0v) is 41.4. The first-order chi connectivity index (χ1) is 30.3. The minimum absolute atomic E-state index is 0.211. The van der Waals surface area contributed by atoms with Crippen LogP contribution in [0.2, 0.25) is 0 Å². The predicted molar refractivity (Wildman–Crippen MR) is 250 cm³/mol. The molecule has 0 aromatic carbocycles. The van der Waals surface area contributed by atoms with E-state index in [1.165, 1.54) is 70.6 Å². The molecule has 360 valence electrons. The van der Waals surface area contributed by atoms with Crippen molar-refractivity contribution in [2.45, 2.75) is 141 Å². The van der Waals surface area contributed by atoms with Crippen molar-refractivity contribution >= 4 is 27.5 Å². The summed E-state index contributed by atoms with van der Waals surface area (Å²) in [6.45, 7) is 13.7. The van der Waals surface area contributed by atoms with Crippen LogP contribution in [0.4, 0.5) is 0 Å². The van der Waals surface area contributed by atoms with Crippen molar-refractivity contribution in [1.29, 1.82) is 0 Å². The molecule has 10 aliphatic rings. The Balaban J connectivity index is 0.000000154. The van der Waals surface area contributed by atoms with Gasteiger partial charge in [-0.1, -0.05) is 29.8 Å². The van der Waals surface area contributed by atoms with Crippen molar-refractivity contribution in [3.8, 4) is 0 Å². The summed E-state index contributed by atoms with van der Waals surface area (Å²) in [5.74, 6) is 9.13. The fourth-order valence-corrected chi connectivity index (χ4v) is 17.9. The molecule has 0 amide bonds. The zero-order valence-electron chi connectivity index (χ0n) is 39.8. The highest BCUT2D eigenvalue weighted by atomic mass is 79.9. The molecule has 63 heavy (non-hydrogen) atoms. The molecule has 0 aromatic rings. The SMILES string of the molecule is C1COCCN1.COC[C@@]1(O)CC[C@H]2[C@H](CC[C@@H]3[C@@H]2CC[C@]2(C)[C@@H](C(=O)CBr)CC[C@@H]32)C1.COC[C@@]1(O)CC[C@H]2[C@H](CC[C@@H]3[C@@H]2CC[C@]2(C)[C@@H](C(=O)CN4CCOCC4)CC[C@@H]32)C1. The summed E-state index contributed by atoms with van der Waals surface area (Å²) in [4.78, 5) is 28.2. The molecule has 8 saturated carbocycles. The minimum atomic E-state index is -0.601. The number of alkyl halides is 1. The molecule has 0 radical (unpaired) electrons. The van der Waals surface area contributed by atoms with Crippen LogP contribution in [0.1, 0.15) is 129 Å². The molecule has 16 atom stereocenters. The van der Waals surface area contributed by atoms with Crippen molar-refractivity contribution in [3.63, 3.8) is 0 Å². The topological polar surface area (TPSA) is 127 Å². The second-order valence-electron chi connectivity index (χ2n) is 23.3. The van der Waals surface area contributed by atoms with Gasteiger partial charge in [-0.3, -0.25) is 14.5 Å². The number of nitrogens with zero attached hydrogens (tertiary/aromatic N) is 1. The second-order valence-corrected chi connectivity index (χ2v) is 23.9. The number of ketones is 2. The molecule has 10 fully saturated rings. The van der Waals surface area contributed by atoms with Gasteiger partial charge in [0.05, 0.1) is 62.7 Å². The highest BCUT2D eigenvalue weighted by Gasteiger charge is 2.60. The number of halogens is 1. The van der Waals surface area contributed by atoms with E-state index in [-0.39, 0.29) is 22.7 Å².